The van der Waals surface area contributed by atoms with E-state index in [0.717, 1.165) is 30.2 Å². The Kier molecular flexibility index (Phi) is 15.8. The molecule has 304 valence electrons. The molecule has 1 N–H and O–H groups in total. The predicted molar refractivity (Wildman–Crippen MR) is 213 cm³/mol. The summed E-state index contributed by atoms with van der Waals surface area (Å²) in [6, 6.07) is 23.6. The van der Waals surface area contributed by atoms with Gasteiger partial charge in [0.2, 0.25) is 5.91 Å². The van der Waals surface area contributed by atoms with Gasteiger partial charge >= 0.3 is 12.1 Å². The first-order valence-corrected chi connectivity index (χ1v) is 19.0. The summed E-state index contributed by atoms with van der Waals surface area (Å²) in [5.41, 5.74) is 0.554. The summed E-state index contributed by atoms with van der Waals surface area (Å²) in [7, 11) is 1.25. The van der Waals surface area contributed by atoms with Gasteiger partial charge in [-0.25, -0.2) is 0 Å². The van der Waals surface area contributed by atoms with E-state index in [4.69, 9.17) is 14.2 Å². The maximum atomic E-state index is 13.8. The largest absolute Gasteiger partial charge is 0.497 e. The average Bonchev–Trinajstić information content (AvgIpc) is 3.16. The van der Waals surface area contributed by atoms with Crippen LogP contribution >= 0.6 is 0 Å². The molecule has 0 aliphatic rings. The van der Waals surface area contributed by atoms with Crippen LogP contribution in [0.25, 0.3) is 0 Å². The molecule has 0 saturated heterocycles. The third kappa shape index (κ3) is 14.4. The number of amides is 2. The third-order valence-electron chi connectivity index (χ3n) is 8.87. The summed E-state index contributed by atoms with van der Waals surface area (Å²) in [6.07, 6.45) is 0.692. The Morgan fingerprint density at radius 1 is 0.719 bits per heavy atom. The molecule has 0 atom stereocenters. The van der Waals surface area contributed by atoms with Crippen LogP contribution in [0.2, 0.25) is 0 Å². The van der Waals surface area contributed by atoms with Crippen LogP contribution in [0.5, 0.6) is 11.5 Å². The maximum absolute atomic E-state index is 13.8. The quantitative estimate of drug-likeness (QED) is 0.0573. The lowest BCUT2D eigenvalue weighted by Crippen LogP contribution is -2.38. The highest BCUT2D eigenvalue weighted by atomic mass is 19.4. The van der Waals surface area contributed by atoms with Crippen LogP contribution in [0.15, 0.2) is 91.0 Å². The van der Waals surface area contributed by atoms with Crippen molar-refractivity contribution in [1.82, 2.24) is 4.90 Å². The number of hydrogen-bond donors (Lipinski definition) is 1. The fraction of sp³-hybridized carbons (Fsp3) is 0.378. The number of nitrogens with zero attached hydrogens (tertiary/aromatic N) is 1. The van der Waals surface area contributed by atoms with E-state index in [9.17, 15) is 32.3 Å². The second-order valence-electron chi connectivity index (χ2n) is 14.8. The average molecular weight is 789 g/mol. The monoisotopic (exact) mass is 788 g/mol. The van der Waals surface area contributed by atoms with Crippen molar-refractivity contribution < 1.29 is 46.6 Å². The van der Waals surface area contributed by atoms with Gasteiger partial charge in [-0.15, -0.1) is 0 Å². The minimum Gasteiger partial charge on any atom is -0.497 e. The first-order chi connectivity index (χ1) is 27.0. The highest BCUT2D eigenvalue weighted by molar-refractivity contribution is 5.98. The van der Waals surface area contributed by atoms with E-state index in [-0.39, 0.29) is 47.9 Å². The zero-order valence-electron chi connectivity index (χ0n) is 33.2. The van der Waals surface area contributed by atoms with Crippen molar-refractivity contribution in [2.45, 2.75) is 91.0 Å². The molecule has 0 fully saturated rings. The molecule has 4 rings (SSSR count). The van der Waals surface area contributed by atoms with Crippen molar-refractivity contribution in [3.8, 4) is 11.5 Å². The van der Waals surface area contributed by atoms with Crippen LogP contribution in [-0.2, 0) is 39.9 Å². The molecule has 0 heterocycles. The number of carbonyl (C=O) groups excluding carboxylic acids is 4. The number of carbonyl (C=O) groups is 4. The van der Waals surface area contributed by atoms with E-state index in [0.29, 0.717) is 17.7 Å². The van der Waals surface area contributed by atoms with Crippen molar-refractivity contribution in [2.24, 2.45) is 0 Å². The standard InChI is InChI=1S/C45H51F3N2O7/c1-6-7-8-9-10-25-56-37-22-17-33(18-23-37)40(51)26-31-11-13-32(14-12-31)29-50(30-42(53)57-44(2,3)4)43(54)34-15-20-36(21-16-34)49-41(52)27-35-19-24-38(55-5)28-39(35)45(46,47)48/h11-24,28H,6-10,25-27,29-30H2,1-5H3,(H,49,52). The van der Waals surface area contributed by atoms with Crippen LogP contribution in [-0.4, -0.2) is 54.3 Å². The van der Waals surface area contributed by atoms with Crippen LogP contribution in [0.4, 0.5) is 18.9 Å². The number of alkyl halides is 3. The zero-order chi connectivity index (χ0) is 41.6. The number of rotatable bonds is 19. The minimum atomic E-state index is -4.69. The molecule has 0 unspecified atom stereocenters. The van der Waals surface area contributed by atoms with Gasteiger partial charge in [0.15, 0.2) is 5.78 Å². The van der Waals surface area contributed by atoms with Crippen molar-refractivity contribution in [3.63, 3.8) is 0 Å². The maximum Gasteiger partial charge on any atom is 0.416 e. The number of Topliss-reactive ketones (excluding diaryl/α,β-unsaturated/α-hetero) is 1. The second kappa shape index (κ2) is 20.5. The minimum absolute atomic E-state index is 0.0169. The number of halogens is 3. The van der Waals surface area contributed by atoms with E-state index in [1.54, 1.807) is 57.2 Å². The van der Waals surface area contributed by atoms with Crippen LogP contribution in [0, 0.1) is 0 Å². The Balaban J connectivity index is 1.39. The lowest BCUT2D eigenvalue weighted by atomic mass is 10.0. The molecular weight excluding hydrogens is 737 g/mol. The van der Waals surface area contributed by atoms with Gasteiger partial charge in [0.05, 0.1) is 25.7 Å². The molecule has 0 bridgehead atoms. The van der Waals surface area contributed by atoms with Gasteiger partial charge in [0, 0.05) is 29.8 Å². The Hall–Kier alpha value is -5.65. The molecule has 0 spiro atoms. The van der Waals surface area contributed by atoms with Crippen LogP contribution < -0.4 is 14.8 Å². The van der Waals surface area contributed by atoms with Crippen molar-refractivity contribution in [1.29, 1.82) is 0 Å². The van der Waals surface area contributed by atoms with Crippen LogP contribution in [0.1, 0.15) is 103 Å². The summed E-state index contributed by atoms with van der Waals surface area (Å²) in [6.45, 7) is 7.69. The van der Waals surface area contributed by atoms with E-state index in [1.807, 2.05) is 12.1 Å². The molecule has 4 aromatic rings. The summed E-state index contributed by atoms with van der Waals surface area (Å²) >= 11 is 0. The number of ether oxygens (including phenoxy) is 3. The third-order valence-corrected chi connectivity index (χ3v) is 8.87. The summed E-state index contributed by atoms with van der Waals surface area (Å²) in [5, 5.41) is 2.57. The molecule has 9 nitrogen and oxygen atoms in total. The highest BCUT2D eigenvalue weighted by Crippen LogP contribution is 2.35. The summed E-state index contributed by atoms with van der Waals surface area (Å²) < 4.78 is 57.1. The zero-order valence-corrected chi connectivity index (χ0v) is 33.2. The smallest absolute Gasteiger partial charge is 0.416 e. The molecule has 12 heteroatoms. The van der Waals surface area contributed by atoms with E-state index >= 15 is 0 Å². The summed E-state index contributed by atoms with van der Waals surface area (Å²) in [4.78, 5) is 53.8. The van der Waals surface area contributed by atoms with Crippen LogP contribution in [0.3, 0.4) is 0 Å². The summed E-state index contributed by atoms with van der Waals surface area (Å²) in [5.74, 6) is -1.10. The Bertz CT molecular complexity index is 1950. The normalized spacial score (nSPS) is 11.4. The number of esters is 1. The molecule has 4 aromatic carbocycles. The molecular formula is C45H51F3N2O7. The number of methoxy groups -OCH3 is 1. The van der Waals surface area contributed by atoms with Gasteiger partial charge in [-0.05, 0) is 105 Å². The second-order valence-corrected chi connectivity index (χ2v) is 14.8. The lowest BCUT2D eigenvalue weighted by molar-refractivity contribution is -0.155. The van der Waals surface area contributed by atoms with Gasteiger partial charge in [0.1, 0.15) is 23.6 Å². The molecule has 0 aliphatic heterocycles. The van der Waals surface area contributed by atoms with Gasteiger partial charge in [-0.1, -0.05) is 62.9 Å². The Labute approximate surface area is 332 Å². The van der Waals surface area contributed by atoms with Gasteiger partial charge in [-0.2, -0.15) is 13.2 Å². The molecule has 57 heavy (non-hydrogen) atoms. The van der Waals surface area contributed by atoms with Crippen molar-refractivity contribution in [2.75, 3.05) is 25.6 Å². The first kappa shape index (κ1) is 44.1. The number of hydrogen-bond acceptors (Lipinski definition) is 7. The lowest BCUT2D eigenvalue weighted by Gasteiger charge is -2.25. The topological polar surface area (TPSA) is 111 Å². The van der Waals surface area contributed by atoms with Gasteiger partial charge < -0.3 is 24.4 Å². The number of ketones is 1. The van der Waals surface area contributed by atoms with Gasteiger partial charge in [0.25, 0.3) is 5.91 Å². The number of benzene rings is 4. The van der Waals surface area contributed by atoms with E-state index < -0.39 is 41.5 Å². The fourth-order valence-corrected chi connectivity index (χ4v) is 5.99. The molecule has 0 radical (unpaired) electrons. The molecule has 0 aromatic heterocycles. The molecule has 0 saturated carbocycles. The Morgan fingerprint density at radius 3 is 1.95 bits per heavy atom. The highest BCUT2D eigenvalue weighted by Gasteiger charge is 2.34. The SMILES string of the molecule is CCCCCCCOc1ccc(C(=O)Cc2ccc(CN(CC(=O)OC(C)(C)C)C(=O)c3ccc(NC(=O)Cc4ccc(OC)cc4C(F)(F)F)cc3)cc2)cc1. The van der Waals surface area contributed by atoms with Crippen molar-refractivity contribution in [3.05, 3.63) is 124 Å². The van der Waals surface area contributed by atoms with Crippen molar-refractivity contribution >= 4 is 29.3 Å². The predicted octanol–water partition coefficient (Wildman–Crippen LogP) is 9.65. The Morgan fingerprint density at radius 2 is 1.33 bits per heavy atom. The number of nitrogens with one attached hydrogen (secondary N) is 1. The van der Waals surface area contributed by atoms with E-state index in [1.165, 1.54) is 67.7 Å². The fourth-order valence-electron chi connectivity index (χ4n) is 5.99. The van der Waals surface area contributed by atoms with Gasteiger partial charge in [-0.3, -0.25) is 19.2 Å². The molecule has 0 aliphatic carbocycles. The first-order valence-electron chi connectivity index (χ1n) is 19.0. The number of anilines is 1. The number of unbranched alkanes of at least 4 members (excludes halogenated alkanes) is 4. The molecule has 2 amide bonds. The van der Waals surface area contributed by atoms with E-state index in [2.05, 4.69) is 12.2 Å².